The molecule has 0 saturated heterocycles. The van der Waals surface area contributed by atoms with Gasteiger partial charge in [0.15, 0.2) is 5.17 Å². The van der Waals surface area contributed by atoms with Crippen LogP contribution in [0, 0.1) is 11.8 Å². The summed E-state index contributed by atoms with van der Waals surface area (Å²) in [6, 6.07) is 0. The van der Waals surface area contributed by atoms with Crippen molar-refractivity contribution in [1.82, 2.24) is 4.90 Å². The first-order chi connectivity index (χ1) is 11.4. The Morgan fingerprint density at radius 3 is 2.08 bits per heavy atom. The molecule has 0 aromatic carbocycles. The number of amides is 2. The van der Waals surface area contributed by atoms with Gasteiger partial charge in [-0.25, -0.2) is 9.59 Å². The molecule has 0 spiro atoms. The molecule has 6 nitrogen and oxygen atoms in total. The monoisotopic (exact) mass is 370 g/mol. The molecule has 0 rings (SSSR count). The Morgan fingerprint density at radius 1 is 1.08 bits per heavy atom. The molecule has 0 fully saturated rings. The summed E-state index contributed by atoms with van der Waals surface area (Å²) in [5.74, 6) is 5.77. The predicted molar refractivity (Wildman–Crippen MR) is 103 cm³/mol. The Balaban J connectivity index is 5.37. The van der Waals surface area contributed by atoms with Crippen LogP contribution in [0.2, 0.25) is 0 Å². The molecule has 0 heterocycles. The maximum atomic E-state index is 12.5. The summed E-state index contributed by atoms with van der Waals surface area (Å²) in [7, 11) is 0. The maximum absolute atomic E-state index is 12.5. The van der Waals surface area contributed by atoms with Crippen molar-refractivity contribution in [1.29, 1.82) is 0 Å². The van der Waals surface area contributed by atoms with E-state index in [-0.39, 0.29) is 5.17 Å². The van der Waals surface area contributed by atoms with E-state index in [2.05, 4.69) is 16.8 Å². The molecule has 0 aliphatic heterocycles. The number of unbranched alkanes of at least 4 members (excludes halogenated alkanes) is 1. The molecule has 0 aliphatic rings. The van der Waals surface area contributed by atoms with Gasteiger partial charge in [-0.15, -0.1) is 11.8 Å². The van der Waals surface area contributed by atoms with Gasteiger partial charge in [0.05, 0.1) is 0 Å². The van der Waals surface area contributed by atoms with Crippen molar-refractivity contribution >= 4 is 29.1 Å². The fourth-order valence-electron chi connectivity index (χ4n) is 1.61. The molecular weight excluding hydrogens is 340 g/mol. The molecule has 7 heteroatoms. The van der Waals surface area contributed by atoms with Gasteiger partial charge < -0.3 is 9.47 Å². The number of rotatable bonds is 3. The summed E-state index contributed by atoms with van der Waals surface area (Å²) in [4.78, 5) is 29.8. The first kappa shape index (κ1) is 23.3. The van der Waals surface area contributed by atoms with Gasteiger partial charge in [-0.05, 0) is 61.1 Å². The van der Waals surface area contributed by atoms with Crippen LogP contribution in [0.5, 0.6) is 0 Å². The highest BCUT2D eigenvalue weighted by molar-refractivity contribution is 8.13. The number of hydrogen-bond donors (Lipinski definition) is 0. The molecule has 142 valence electrons. The van der Waals surface area contributed by atoms with Crippen molar-refractivity contribution in [3.63, 3.8) is 0 Å². The van der Waals surface area contributed by atoms with Crippen LogP contribution in [-0.4, -0.2) is 46.3 Å². The number of carbonyl (C=O) groups excluding carboxylic acids is 2. The Bertz CT molecular complexity index is 548. The third kappa shape index (κ3) is 11.5. The lowest BCUT2D eigenvalue weighted by Gasteiger charge is -2.27. The minimum Gasteiger partial charge on any atom is -0.443 e. The minimum atomic E-state index is -0.737. The van der Waals surface area contributed by atoms with Crippen LogP contribution in [0.4, 0.5) is 9.59 Å². The van der Waals surface area contributed by atoms with E-state index >= 15 is 0 Å². The normalized spacial score (nSPS) is 12.1. The molecule has 2 amide bonds. The topological polar surface area (TPSA) is 68.2 Å². The van der Waals surface area contributed by atoms with E-state index in [1.165, 1.54) is 16.7 Å². The molecule has 25 heavy (non-hydrogen) atoms. The van der Waals surface area contributed by atoms with Gasteiger partial charge in [0, 0.05) is 13.0 Å². The maximum Gasteiger partial charge on any atom is 0.436 e. The first-order valence-corrected chi connectivity index (χ1v) is 9.38. The van der Waals surface area contributed by atoms with Gasteiger partial charge in [-0.3, -0.25) is 4.90 Å². The molecular formula is C18H30N2O4S. The summed E-state index contributed by atoms with van der Waals surface area (Å²) in [6.45, 7) is 12.8. The van der Waals surface area contributed by atoms with Crippen molar-refractivity contribution < 1.29 is 19.1 Å². The Hall–Kier alpha value is -1.68. The Kier molecular flexibility index (Phi) is 9.65. The second-order valence-corrected chi connectivity index (χ2v) is 8.01. The predicted octanol–water partition coefficient (Wildman–Crippen LogP) is 4.68. The largest absolute Gasteiger partial charge is 0.443 e. The molecule has 0 atom stereocenters. The molecule has 0 aromatic heterocycles. The fourth-order valence-corrected chi connectivity index (χ4v) is 2.16. The second-order valence-electron chi connectivity index (χ2n) is 7.24. The van der Waals surface area contributed by atoms with Crippen molar-refractivity contribution in [2.45, 2.75) is 72.5 Å². The number of amidine groups is 1. The summed E-state index contributed by atoms with van der Waals surface area (Å²) in [6.07, 6.45) is 1.75. The summed E-state index contributed by atoms with van der Waals surface area (Å²) in [5.41, 5.74) is -1.30. The van der Waals surface area contributed by atoms with E-state index in [1.54, 1.807) is 54.7 Å². The molecule has 0 saturated carbocycles. The summed E-state index contributed by atoms with van der Waals surface area (Å²) in [5, 5.41) is 0.243. The number of carbonyl (C=O) groups is 2. The fraction of sp³-hybridized carbons (Fsp3) is 0.722. The van der Waals surface area contributed by atoms with Crippen LogP contribution in [0.3, 0.4) is 0 Å². The van der Waals surface area contributed by atoms with E-state index in [9.17, 15) is 9.59 Å². The van der Waals surface area contributed by atoms with Crippen LogP contribution in [-0.2, 0) is 9.47 Å². The molecule has 0 aromatic rings. The molecule has 0 N–H and O–H groups in total. The van der Waals surface area contributed by atoms with Gasteiger partial charge in [-0.1, -0.05) is 11.8 Å². The third-order valence-electron chi connectivity index (χ3n) is 2.47. The van der Waals surface area contributed by atoms with Crippen molar-refractivity contribution in [3.8, 4) is 11.8 Å². The zero-order chi connectivity index (χ0) is 19.7. The highest BCUT2D eigenvalue weighted by Gasteiger charge is 2.26. The van der Waals surface area contributed by atoms with Crippen molar-refractivity contribution in [2.75, 3.05) is 12.8 Å². The first-order valence-electron chi connectivity index (χ1n) is 8.15. The van der Waals surface area contributed by atoms with E-state index in [0.717, 1.165) is 0 Å². The van der Waals surface area contributed by atoms with E-state index in [0.29, 0.717) is 19.4 Å². The average Bonchev–Trinajstić information content (AvgIpc) is 2.41. The SMILES string of the molecule is CC#CCCCN(C(=O)OC(C)(C)C)C(=NC(=O)OC(C)(C)C)SC. The number of nitrogens with zero attached hydrogens (tertiary/aromatic N) is 2. The number of thioether (sulfide) groups is 1. The number of aliphatic imine (C=N–C) groups is 1. The van der Waals surface area contributed by atoms with Gasteiger partial charge in [-0.2, -0.15) is 4.99 Å². The standard InChI is InChI=1S/C18H30N2O4S/c1-9-10-11-12-13-20(16(22)24-18(5,6)7)14(25-8)19-15(21)23-17(2,3)4/h11-13H2,1-8H3. The Morgan fingerprint density at radius 2 is 1.64 bits per heavy atom. The molecule has 0 aliphatic carbocycles. The van der Waals surface area contributed by atoms with Crippen LogP contribution >= 0.6 is 11.8 Å². The lowest BCUT2D eigenvalue weighted by Crippen LogP contribution is -2.40. The van der Waals surface area contributed by atoms with Gasteiger partial charge in [0.25, 0.3) is 0 Å². The van der Waals surface area contributed by atoms with Gasteiger partial charge >= 0.3 is 12.2 Å². The van der Waals surface area contributed by atoms with Crippen LogP contribution in [0.25, 0.3) is 0 Å². The van der Waals surface area contributed by atoms with E-state index in [1.807, 2.05) is 0 Å². The van der Waals surface area contributed by atoms with Crippen molar-refractivity contribution in [3.05, 3.63) is 0 Å². The van der Waals surface area contributed by atoms with E-state index < -0.39 is 23.4 Å². The second kappa shape index (κ2) is 10.3. The zero-order valence-electron chi connectivity index (χ0n) is 16.6. The highest BCUT2D eigenvalue weighted by Crippen LogP contribution is 2.16. The molecule has 0 bridgehead atoms. The zero-order valence-corrected chi connectivity index (χ0v) is 17.4. The molecule has 0 radical (unpaired) electrons. The minimum absolute atomic E-state index is 0.243. The lowest BCUT2D eigenvalue weighted by atomic mass is 10.2. The number of hydrogen-bond acceptors (Lipinski definition) is 5. The van der Waals surface area contributed by atoms with Crippen molar-refractivity contribution in [2.24, 2.45) is 4.99 Å². The molecule has 0 unspecified atom stereocenters. The smallest absolute Gasteiger partial charge is 0.436 e. The summed E-state index contributed by atoms with van der Waals surface area (Å²) < 4.78 is 10.6. The summed E-state index contributed by atoms with van der Waals surface area (Å²) >= 11 is 1.19. The van der Waals surface area contributed by atoms with Crippen LogP contribution in [0.15, 0.2) is 4.99 Å². The van der Waals surface area contributed by atoms with Crippen LogP contribution in [0.1, 0.15) is 61.3 Å². The van der Waals surface area contributed by atoms with Crippen LogP contribution < -0.4 is 0 Å². The highest BCUT2D eigenvalue weighted by atomic mass is 32.2. The van der Waals surface area contributed by atoms with E-state index in [4.69, 9.17) is 9.47 Å². The quantitative estimate of drug-likeness (QED) is 0.312. The lowest BCUT2D eigenvalue weighted by molar-refractivity contribution is 0.0372. The average molecular weight is 371 g/mol. The Labute approximate surface area is 155 Å². The van der Waals surface area contributed by atoms with Gasteiger partial charge in [0.2, 0.25) is 0 Å². The number of ether oxygens (including phenoxy) is 2. The van der Waals surface area contributed by atoms with Gasteiger partial charge in [0.1, 0.15) is 11.2 Å². The third-order valence-corrected chi connectivity index (χ3v) is 3.14.